The van der Waals surface area contributed by atoms with Gasteiger partial charge in [-0.2, -0.15) is 0 Å². The highest BCUT2D eigenvalue weighted by Gasteiger charge is 2.28. The summed E-state index contributed by atoms with van der Waals surface area (Å²) in [7, 11) is 0. The number of hydrogen-bond acceptors (Lipinski definition) is 3. The molecule has 5 heteroatoms. The van der Waals surface area contributed by atoms with Gasteiger partial charge in [-0.1, -0.05) is 30.3 Å². The Bertz CT molecular complexity index is 728. The lowest BCUT2D eigenvalue weighted by Gasteiger charge is -2.16. The molecule has 25 heavy (non-hydrogen) atoms. The molecule has 2 unspecified atom stereocenters. The lowest BCUT2D eigenvalue weighted by molar-refractivity contribution is -0.119. The van der Waals surface area contributed by atoms with Crippen LogP contribution in [0.2, 0.25) is 0 Å². The first-order valence-corrected chi connectivity index (χ1v) is 8.44. The number of carbonyl (C=O) groups is 1. The highest BCUT2D eigenvalue weighted by molar-refractivity contribution is 5.94. The van der Waals surface area contributed by atoms with Crippen LogP contribution < -0.4 is 15.8 Å². The van der Waals surface area contributed by atoms with Gasteiger partial charge in [0.1, 0.15) is 5.75 Å². The van der Waals surface area contributed by atoms with E-state index >= 15 is 0 Å². The zero-order valence-electron chi connectivity index (χ0n) is 14.6. The molecule has 0 bridgehead atoms. The number of carbonyl (C=O) groups excluding carboxylic acids is 1. The molecule has 0 heterocycles. The fourth-order valence-corrected chi connectivity index (χ4v) is 3.22. The number of anilines is 1. The molecule has 1 amide bonds. The van der Waals surface area contributed by atoms with Crippen molar-refractivity contribution in [3.05, 3.63) is 53.6 Å². The van der Waals surface area contributed by atoms with Gasteiger partial charge < -0.3 is 15.8 Å². The molecule has 0 saturated heterocycles. The number of ether oxygens (including phenoxy) is 1. The molecule has 2 aromatic rings. The summed E-state index contributed by atoms with van der Waals surface area (Å²) in [6.07, 6.45) is 2.53. The second-order valence-corrected chi connectivity index (χ2v) is 6.58. The first-order valence-electron chi connectivity index (χ1n) is 8.44. The van der Waals surface area contributed by atoms with Crippen LogP contribution in [-0.2, 0) is 4.79 Å². The number of amides is 1. The van der Waals surface area contributed by atoms with Crippen LogP contribution >= 0.6 is 12.4 Å². The lowest BCUT2D eigenvalue weighted by atomic mass is 10.1. The minimum atomic E-state index is -0.00625. The Labute approximate surface area is 155 Å². The number of rotatable bonds is 4. The van der Waals surface area contributed by atoms with Crippen LogP contribution in [0, 0.1) is 19.8 Å². The molecule has 134 valence electrons. The summed E-state index contributed by atoms with van der Waals surface area (Å²) in [4.78, 5) is 12.5. The van der Waals surface area contributed by atoms with E-state index in [1.165, 1.54) is 0 Å². The maximum Gasteiger partial charge on any atom is 0.227 e. The zero-order chi connectivity index (χ0) is 17.1. The average Bonchev–Trinajstić information content (AvgIpc) is 2.99. The van der Waals surface area contributed by atoms with Crippen molar-refractivity contribution >= 4 is 24.0 Å². The number of hydrogen-bond donors (Lipinski definition) is 2. The van der Waals surface area contributed by atoms with E-state index in [0.717, 1.165) is 36.1 Å². The Kier molecular flexibility index (Phi) is 6.45. The van der Waals surface area contributed by atoms with Gasteiger partial charge in [-0.25, -0.2) is 0 Å². The summed E-state index contributed by atoms with van der Waals surface area (Å²) in [5.74, 6) is 1.52. The smallest absolute Gasteiger partial charge is 0.227 e. The van der Waals surface area contributed by atoms with E-state index in [9.17, 15) is 4.79 Å². The predicted octanol–water partition coefficient (Wildman–Crippen LogP) is 4.58. The van der Waals surface area contributed by atoms with Gasteiger partial charge in [0.25, 0.3) is 0 Å². The van der Waals surface area contributed by atoms with E-state index in [4.69, 9.17) is 10.5 Å². The molecular weight excluding hydrogens is 336 g/mol. The van der Waals surface area contributed by atoms with Crippen molar-refractivity contribution in [3.8, 4) is 11.5 Å². The van der Waals surface area contributed by atoms with E-state index in [0.29, 0.717) is 11.4 Å². The van der Waals surface area contributed by atoms with E-state index < -0.39 is 0 Å². The quantitative estimate of drug-likeness (QED) is 0.838. The van der Waals surface area contributed by atoms with Gasteiger partial charge >= 0.3 is 0 Å². The first-order chi connectivity index (χ1) is 11.5. The Balaban J connectivity index is 0.00000225. The van der Waals surface area contributed by atoms with Crippen LogP contribution in [0.4, 0.5) is 5.69 Å². The summed E-state index contributed by atoms with van der Waals surface area (Å²) in [6.45, 7) is 4.03. The molecule has 2 atom stereocenters. The third kappa shape index (κ3) is 4.53. The van der Waals surface area contributed by atoms with Gasteiger partial charge in [0.05, 0.1) is 5.69 Å². The molecule has 0 aliphatic heterocycles. The van der Waals surface area contributed by atoms with Crippen molar-refractivity contribution in [2.45, 2.75) is 39.2 Å². The van der Waals surface area contributed by atoms with Gasteiger partial charge in [-0.15, -0.1) is 12.4 Å². The van der Waals surface area contributed by atoms with Crippen LogP contribution in [0.25, 0.3) is 0 Å². The minimum absolute atomic E-state index is 0. The maximum absolute atomic E-state index is 12.5. The van der Waals surface area contributed by atoms with Crippen molar-refractivity contribution in [2.24, 2.45) is 11.7 Å². The van der Waals surface area contributed by atoms with Gasteiger partial charge in [0, 0.05) is 12.0 Å². The summed E-state index contributed by atoms with van der Waals surface area (Å²) in [5, 5.41) is 3.01. The molecule has 1 fully saturated rings. The van der Waals surface area contributed by atoms with Crippen molar-refractivity contribution in [2.75, 3.05) is 5.32 Å². The number of nitrogens with one attached hydrogen (secondary N) is 1. The summed E-state index contributed by atoms with van der Waals surface area (Å²) < 4.78 is 6.12. The Morgan fingerprint density at radius 2 is 1.76 bits per heavy atom. The largest absolute Gasteiger partial charge is 0.455 e. The number of para-hydroxylation sites is 3. The fourth-order valence-electron chi connectivity index (χ4n) is 3.22. The number of halogens is 1. The zero-order valence-corrected chi connectivity index (χ0v) is 15.4. The molecule has 1 saturated carbocycles. The summed E-state index contributed by atoms with van der Waals surface area (Å²) in [6, 6.07) is 13.7. The average molecular weight is 361 g/mol. The second kappa shape index (κ2) is 8.37. The normalized spacial score (nSPS) is 19.2. The molecular formula is C20H25ClN2O2. The molecule has 0 radical (unpaired) electrons. The maximum atomic E-state index is 12.5. The van der Waals surface area contributed by atoms with Crippen molar-refractivity contribution < 1.29 is 9.53 Å². The van der Waals surface area contributed by atoms with Crippen LogP contribution in [-0.4, -0.2) is 11.9 Å². The fraction of sp³-hybridized carbons (Fsp3) is 0.350. The molecule has 3 rings (SSSR count). The lowest BCUT2D eigenvalue weighted by Crippen LogP contribution is -2.23. The van der Waals surface area contributed by atoms with E-state index in [-0.39, 0.29) is 30.3 Å². The topological polar surface area (TPSA) is 64.3 Å². The second-order valence-electron chi connectivity index (χ2n) is 6.58. The Morgan fingerprint density at radius 3 is 2.40 bits per heavy atom. The van der Waals surface area contributed by atoms with Crippen LogP contribution in [0.3, 0.4) is 0 Å². The van der Waals surface area contributed by atoms with E-state index in [1.807, 2.05) is 56.3 Å². The molecule has 4 nitrogen and oxygen atoms in total. The third-order valence-corrected chi connectivity index (χ3v) is 4.61. The highest BCUT2D eigenvalue weighted by Crippen LogP contribution is 2.34. The number of nitrogens with two attached hydrogens (primary N) is 1. The summed E-state index contributed by atoms with van der Waals surface area (Å²) >= 11 is 0. The Hall–Kier alpha value is -2.04. The molecule has 0 spiro atoms. The first kappa shape index (κ1) is 19.3. The molecule has 0 aromatic heterocycles. The number of benzene rings is 2. The minimum Gasteiger partial charge on any atom is -0.455 e. The van der Waals surface area contributed by atoms with Crippen LogP contribution in [0.5, 0.6) is 11.5 Å². The van der Waals surface area contributed by atoms with Gasteiger partial charge in [-0.3, -0.25) is 4.79 Å². The monoisotopic (exact) mass is 360 g/mol. The molecule has 2 aromatic carbocycles. The standard InChI is InChI=1S/C20H24N2O2.ClH/c1-13-6-5-7-14(2)19(13)24-18-9-4-3-8-17(18)22-20(23)15-10-11-16(21)12-15;/h3-9,15-16H,10-12,21H2,1-2H3,(H,22,23);1H. The number of aryl methyl sites for hydroxylation is 2. The predicted molar refractivity (Wildman–Crippen MR) is 104 cm³/mol. The third-order valence-electron chi connectivity index (χ3n) is 4.61. The highest BCUT2D eigenvalue weighted by atomic mass is 35.5. The van der Waals surface area contributed by atoms with E-state index in [2.05, 4.69) is 5.32 Å². The Morgan fingerprint density at radius 1 is 1.08 bits per heavy atom. The molecule has 3 N–H and O–H groups in total. The molecule has 1 aliphatic carbocycles. The summed E-state index contributed by atoms with van der Waals surface area (Å²) in [5.41, 5.74) is 8.75. The van der Waals surface area contributed by atoms with Gasteiger partial charge in [-0.05, 0) is 56.4 Å². The van der Waals surface area contributed by atoms with E-state index in [1.54, 1.807) is 0 Å². The van der Waals surface area contributed by atoms with Crippen LogP contribution in [0.15, 0.2) is 42.5 Å². The van der Waals surface area contributed by atoms with Crippen LogP contribution in [0.1, 0.15) is 30.4 Å². The molecule has 1 aliphatic rings. The van der Waals surface area contributed by atoms with Gasteiger partial charge in [0.2, 0.25) is 5.91 Å². The SMILES string of the molecule is Cc1cccc(C)c1Oc1ccccc1NC(=O)C1CCC(N)C1.Cl. The van der Waals surface area contributed by atoms with Gasteiger partial charge in [0.15, 0.2) is 5.75 Å². The van der Waals surface area contributed by atoms with Crippen molar-refractivity contribution in [1.82, 2.24) is 0 Å². The van der Waals surface area contributed by atoms with Crippen molar-refractivity contribution in [1.29, 1.82) is 0 Å². The van der Waals surface area contributed by atoms with Crippen molar-refractivity contribution in [3.63, 3.8) is 0 Å².